The van der Waals surface area contributed by atoms with E-state index >= 15 is 0 Å². The van der Waals surface area contributed by atoms with Crippen LogP contribution in [0.25, 0.3) is 0 Å². The first kappa shape index (κ1) is 15.9. The van der Waals surface area contributed by atoms with Gasteiger partial charge in [-0.15, -0.1) is 0 Å². The topological polar surface area (TPSA) is 35.5 Å². The van der Waals surface area contributed by atoms with Crippen LogP contribution < -0.4 is 5.32 Å². The van der Waals surface area contributed by atoms with E-state index in [1.54, 1.807) is 0 Å². The van der Waals surface area contributed by atoms with Gasteiger partial charge in [-0.3, -0.25) is 0 Å². The molecule has 0 amide bonds. The zero-order valence-electron chi connectivity index (χ0n) is 11.9. The summed E-state index contributed by atoms with van der Waals surface area (Å²) >= 11 is 0. The fraction of sp³-hybridized carbons (Fsp3) is 1.00. The molecule has 0 aromatic rings. The molecule has 0 aliphatic heterocycles. The van der Waals surface area contributed by atoms with E-state index in [1.165, 1.54) is 6.42 Å². The molecule has 0 aliphatic carbocycles. The molecule has 0 saturated heterocycles. The van der Waals surface area contributed by atoms with Gasteiger partial charge in [0.15, 0.2) is 0 Å². The summed E-state index contributed by atoms with van der Waals surface area (Å²) in [5, 5.41) is 12.8. The maximum absolute atomic E-state index is 9.22. The predicted molar refractivity (Wildman–Crippen MR) is 70.7 cm³/mol. The molecular weight excluding hydrogens is 200 g/mol. The number of aliphatic hydroxyl groups excluding tert-OH is 1. The van der Waals surface area contributed by atoms with Gasteiger partial charge in [0.2, 0.25) is 0 Å². The lowest BCUT2D eigenvalue weighted by atomic mass is 9.93. The Labute approximate surface area is 101 Å². The van der Waals surface area contributed by atoms with Gasteiger partial charge in [0.1, 0.15) is 0 Å². The first-order chi connectivity index (χ1) is 7.26. The number of aliphatic hydroxyl groups is 1. The number of likely N-dealkylation sites (N-methyl/N-ethyl adjacent to an activating group) is 1. The fourth-order valence-corrected chi connectivity index (χ4v) is 1.71. The van der Waals surface area contributed by atoms with E-state index in [-0.39, 0.29) is 12.0 Å². The molecule has 2 N–H and O–H groups in total. The lowest BCUT2D eigenvalue weighted by Gasteiger charge is -2.29. The van der Waals surface area contributed by atoms with E-state index in [4.69, 9.17) is 0 Å². The lowest BCUT2D eigenvalue weighted by molar-refractivity contribution is 0.148. The molecule has 1 atom stereocenters. The van der Waals surface area contributed by atoms with Crippen molar-refractivity contribution in [2.75, 3.05) is 33.8 Å². The van der Waals surface area contributed by atoms with Crippen LogP contribution >= 0.6 is 0 Å². The van der Waals surface area contributed by atoms with E-state index in [0.717, 1.165) is 13.1 Å². The molecule has 0 radical (unpaired) electrons. The van der Waals surface area contributed by atoms with Crippen LogP contribution in [0, 0.1) is 11.3 Å². The van der Waals surface area contributed by atoms with Gasteiger partial charge in [-0.1, -0.05) is 27.7 Å². The average Bonchev–Trinajstić information content (AvgIpc) is 2.13. The Morgan fingerprint density at radius 3 is 2.19 bits per heavy atom. The summed E-state index contributed by atoms with van der Waals surface area (Å²) in [6.45, 7) is 10.8. The van der Waals surface area contributed by atoms with Gasteiger partial charge >= 0.3 is 0 Å². The highest BCUT2D eigenvalue weighted by Gasteiger charge is 2.19. The van der Waals surface area contributed by atoms with Gasteiger partial charge < -0.3 is 15.3 Å². The Morgan fingerprint density at radius 2 is 1.81 bits per heavy atom. The third-order valence-electron chi connectivity index (χ3n) is 2.64. The zero-order chi connectivity index (χ0) is 12.8. The first-order valence-corrected chi connectivity index (χ1v) is 6.26. The normalized spacial score (nSPS) is 14.8. The molecule has 3 nitrogen and oxygen atoms in total. The van der Waals surface area contributed by atoms with Crippen molar-refractivity contribution < 1.29 is 5.11 Å². The maximum Gasteiger partial charge on any atom is 0.0494 e. The Balaban J connectivity index is 4.10. The molecule has 16 heavy (non-hydrogen) atoms. The monoisotopic (exact) mass is 230 g/mol. The summed E-state index contributed by atoms with van der Waals surface area (Å²) in [5.74, 6) is 0.703. The van der Waals surface area contributed by atoms with E-state index in [0.29, 0.717) is 12.0 Å². The second-order valence-electron chi connectivity index (χ2n) is 6.29. The van der Waals surface area contributed by atoms with Crippen molar-refractivity contribution in [2.45, 2.75) is 40.2 Å². The quantitative estimate of drug-likeness (QED) is 0.664. The van der Waals surface area contributed by atoms with Crippen molar-refractivity contribution in [2.24, 2.45) is 11.3 Å². The molecule has 0 aromatic heterocycles. The van der Waals surface area contributed by atoms with Gasteiger partial charge in [-0.25, -0.2) is 0 Å². The van der Waals surface area contributed by atoms with Crippen molar-refractivity contribution in [3.63, 3.8) is 0 Å². The smallest absolute Gasteiger partial charge is 0.0494 e. The van der Waals surface area contributed by atoms with Crippen LogP contribution in [-0.2, 0) is 0 Å². The lowest BCUT2D eigenvalue weighted by Crippen LogP contribution is -2.44. The summed E-state index contributed by atoms with van der Waals surface area (Å²) in [4.78, 5) is 2.21. The number of nitrogens with zero attached hydrogens (tertiary/aromatic N) is 1. The van der Waals surface area contributed by atoms with Crippen LogP contribution in [0.1, 0.15) is 34.1 Å². The number of hydrogen-bond donors (Lipinski definition) is 2. The number of rotatable bonds is 8. The molecule has 0 aromatic carbocycles. The fourth-order valence-electron chi connectivity index (χ4n) is 1.71. The van der Waals surface area contributed by atoms with E-state index in [2.05, 4.69) is 52.0 Å². The summed E-state index contributed by atoms with van der Waals surface area (Å²) < 4.78 is 0. The van der Waals surface area contributed by atoms with Gasteiger partial charge in [0, 0.05) is 31.2 Å². The molecule has 3 heteroatoms. The highest BCUT2D eigenvalue weighted by Crippen LogP contribution is 2.13. The van der Waals surface area contributed by atoms with Crippen LogP contribution in [0.4, 0.5) is 0 Å². The highest BCUT2D eigenvalue weighted by molar-refractivity contribution is 4.77. The Bertz CT molecular complexity index is 169. The minimum Gasteiger partial charge on any atom is -0.396 e. The van der Waals surface area contributed by atoms with Crippen LogP contribution in [0.15, 0.2) is 0 Å². The molecule has 0 rings (SSSR count). The zero-order valence-corrected chi connectivity index (χ0v) is 11.9. The summed E-state index contributed by atoms with van der Waals surface area (Å²) in [6, 6.07) is 0.515. The van der Waals surface area contributed by atoms with E-state index < -0.39 is 0 Å². The number of nitrogens with one attached hydrogen (secondary N) is 1. The Morgan fingerprint density at radius 1 is 1.25 bits per heavy atom. The van der Waals surface area contributed by atoms with Gasteiger partial charge in [-0.2, -0.15) is 0 Å². The summed E-state index contributed by atoms with van der Waals surface area (Å²) in [6.07, 6.45) is 1.18. The minimum absolute atomic E-state index is 0.0262. The molecular formula is C13H30N2O. The molecule has 0 spiro atoms. The largest absolute Gasteiger partial charge is 0.396 e. The van der Waals surface area contributed by atoms with Crippen molar-refractivity contribution in [1.29, 1.82) is 0 Å². The molecule has 98 valence electrons. The first-order valence-electron chi connectivity index (χ1n) is 6.26. The van der Waals surface area contributed by atoms with Gasteiger partial charge in [0.05, 0.1) is 0 Å². The van der Waals surface area contributed by atoms with Crippen molar-refractivity contribution in [3.8, 4) is 0 Å². The molecule has 0 aliphatic rings. The second-order valence-corrected chi connectivity index (χ2v) is 6.29. The summed E-state index contributed by atoms with van der Waals surface area (Å²) in [7, 11) is 4.21. The van der Waals surface area contributed by atoms with E-state index in [1.807, 2.05) is 0 Å². The predicted octanol–water partition coefficient (Wildman–Crippen LogP) is 1.57. The Kier molecular flexibility index (Phi) is 7.20. The Hall–Kier alpha value is -0.120. The molecule has 0 fully saturated rings. The standard InChI is InChI=1S/C13H30N2O/c1-11(2)7-12(8-15(5)6)14-9-13(3,4)10-16/h11-12,14,16H,7-10H2,1-6H3. The van der Waals surface area contributed by atoms with Crippen molar-refractivity contribution in [1.82, 2.24) is 10.2 Å². The molecule has 0 saturated carbocycles. The van der Waals surface area contributed by atoms with E-state index in [9.17, 15) is 5.11 Å². The maximum atomic E-state index is 9.22. The molecule has 0 bridgehead atoms. The average molecular weight is 230 g/mol. The van der Waals surface area contributed by atoms with Crippen molar-refractivity contribution >= 4 is 0 Å². The third kappa shape index (κ3) is 8.08. The summed E-state index contributed by atoms with van der Waals surface area (Å²) in [5.41, 5.74) is -0.0262. The SMILES string of the molecule is CC(C)CC(CN(C)C)NCC(C)(C)CO. The number of hydrogen-bond acceptors (Lipinski definition) is 3. The van der Waals surface area contributed by atoms with Crippen molar-refractivity contribution in [3.05, 3.63) is 0 Å². The second kappa shape index (κ2) is 7.25. The van der Waals surface area contributed by atoms with Crippen LogP contribution in [0.2, 0.25) is 0 Å². The molecule has 1 unspecified atom stereocenters. The third-order valence-corrected chi connectivity index (χ3v) is 2.64. The van der Waals surface area contributed by atoms with Gasteiger partial charge in [-0.05, 0) is 26.4 Å². The highest BCUT2D eigenvalue weighted by atomic mass is 16.3. The van der Waals surface area contributed by atoms with Gasteiger partial charge in [0.25, 0.3) is 0 Å². The molecule has 0 heterocycles. The van der Waals surface area contributed by atoms with Crippen LogP contribution in [0.3, 0.4) is 0 Å². The van der Waals surface area contributed by atoms with Crippen LogP contribution in [0.5, 0.6) is 0 Å². The minimum atomic E-state index is -0.0262. The van der Waals surface area contributed by atoms with Crippen LogP contribution in [-0.4, -0.2) is 49.8 Å².